The first-order valence-electron chi connectivity index (χ1n) is 7.10. The monoisotopic (exact) mass is 324 g/mol. The number of rotatable bonds is 5. The van der Waals surface area contributed by atoms with Gasteiger partial charge in [-0.1, -0.05) is 6.07 Å². The fourth-order valence-corrected chi connectivity index (χ4v) is 2.70. The molecule has 1 heterocycles. The normalized spacial score (nSPS) is 10.1. The maximum Gasteiger partial charge on any atom is 0.265 e. The second-order valence-corrected chi connectivity index (χ2v) is 5.81. The van der Waals surface area contributed by atoms with E-state index in [4.69, 9.17) is 4.74 Å². The van der Waals surface area contributed by atoms with Crippen LogP contribution in [0.5, 0.6) is 5.75 Å². The van der Waals surface area contributed by atoms with Crippen LogP contribution in [0.25, 0.3) is 0 Å². The Kier molecular flexibility index (Phi) is 4.59. The van der Waals surface area contributed by atoms with Gasteiger partial charge in [0, 0.05) is 17.1 Å². The molecular weight excluding hydrogens is 308 g/mol. The summed E-state index contributed by atoms with van der Waals surface area (Å²) in [5.41, 5.74) is 2.69. The van der Waals surface area contributed by atoms with Crippen LogP contribution < -0.4 is 15.4 Å². The number of thiophene rings is 1. The van der Waals surface area contributed by atoms with Crippen LogP contribution in [-0.4, -0.2) is 13.0 Å². The molecule has 1 amide bonds. The largest absolute Gasteiger partial charge is 0.497 e. The van der Waals surface area contributed by atoms with Gasteiger partial charge in [-0.05, 0) is 60.0 Å². The Hall–Kier alpha value is -2.79. The Morgan fingerprint density at radius 1 is 0.913 bits per heavy atom. The minimum Gasteiger partial charge on any atom is -0.497 e. The molecule has 116 valence electrons. The van der Waals surface area contributed by atoms with Crippen LogP contribution in [0.1, 0.15) is 9.67 Å². The van der Waals surface area contributed by atoms with E-state index in [1.54, 1.807) is 13.2 Å². The van der Waals surface area contributed by atoms with Crippen molar-refractivity contribution in [1.82, 2.24) is 0 Å². The van der Waals surface area contributed by atoms with Crippen molar-refractivity contribution < 1.29 is 9.53 Å². The van der Waals surface area contributed by atoms with Crippen molar-refractivity contribution in [3.63, 3.8) is 0 Å². The third kappa shape index (κ3) is 3.90. The molecular formula is C18H16N2O2S. The molecule has 0 radical (unpaired) electrons. The van der Waals surface area contributed by atoms with Crippen LogP contribution in [0.3, 0.4) is 0 Å². The first-order chi connectivity index (χ1) is 11.2. The van der Waals surface area contributed by atoms with Gasteiger partial charge in [-0.25, -0.2) is 0 Å². The predicted octanol–water partition coefficient (Wildman–Crippen LogP) is 4.75. The molecule has 4 nitrogen and oxygen atoms in total. The van der Waals surface area contributed by atoms with E-state index in [1.165, 1.54) is 11.3 Å². The highest BCUT2D eigenvalue weighted by Gasteiger charge is 2.06. The van der Waals surface area contributed by atoms with E-state index in [-0.39, 0.29) is 5.91 Å². The number of ether oxygens (including phenoxy) is 1. The number of amides is 1. The number of hydrogen-bond acceptors (Lipinski definition) is 4. The van der Waals surface area contributed by atoms with Gasteiger partial charge >= 0.3 is 0 Å². The van der Waals surface area contributed by atoms with Gasteiger partial charge in [-0.15, -0.1) is 11.3 Å². The first kappa shape index (κ1) is 15.1. The number of carbonyl (C=O) groups excluding carboxylic acids is 1. The molecule has 5 heteroatoms. The smallest absolute Gasteiger partial charge is 0.265 e. The molecule has 2 N–H and O–H groups in total. The SMILES string of the molecule is COc1ccc(Nc2ccc(NC(=O)c3cccs3)cc2)cc1. The summed E-state index contributed by atoms with van der Waals surface area (Å²) in [7, 11) is 1.64. The molecule has 3 aromatic rings. The van der Waals surface area contributed by atoms with Crippen molar-refractivity contribution in [1.29, 1.82) is 0 Å². The highest BCUT2D eigenvalue weighted by atomic mass is 32.1. The van der Waals surface area contributed by atoms with E-state index in [1.807, 2.05) is 60.0 Å². The fraction of sp³-hybridized carbons (Fsp3) is 0.0556. The standard InChI is InChI=1S/C18H16N2O2S/c1-22-16-10-8-14(9-11-16)19-13-4-6-15(7-5-13)20-18(21)17-3-2-12-23-17/h2-12,19H,1H3,(H,20,21). The lowest BCUT2D eigenvalue weighted by Crippen LogP contribution is -2.09. The van der Waals surface area contributed by atoms with Gasteiger partial charge in [-0.3, -0.25) is 4.79 Å². The van der Waals surface area contributed by atoms with Crippen LogP contribution in [0.15, 0.2) is 66.0 Å². The summed E-state index contributed by atoms with van der Waals surface area (Å²) in [5, 5.41) is 8.06. The quantitative estimate of drug-likeness (QED) is 0.712. The van der Waals surface area contributed by atoms with Gasteiger partial charge < -0.3 is 15.4 Å². The number of methoxy groups -OCH3 is 1. The summed E-state index contributed by atoms with van der Waals surface area (Å²) in [4.78, 5) is 12.7. The average molecular weight is 324 g/mol. The van der Waals surface area contributed by atoms with Gasteiger partial charge in [0.15, 0.2) is 0 Å². The number of nitrogens with one attached hydrogen (secondary N) is 2. The van der Waals surface area contributed by atoms with Crippen LogP contribution in [-0.2, 0) is 0 Å². The molecule has 3 rings (SSSR count). The zero-order valence-electron chi connectivity index (χ0n) is 12.6. The zero-order valence-corrected chi connectivity index (χ0v) is 13.4. The molecule has 0 spiro atoms. The Labute approximate surface area is 138 Å². The van der Waals surface area contributed by atoms with Gasteiger partial charge in [0.05, 0.1) is 12.0 Å². The molecule has 0 aliphatic carbocycles. The average Bonchev–Trinajstić information content (AvgIpc) is 3.12. The van der Waals surface area contributed by atoms with Crippen LogP contribution >= 0.6 is 11.3 Å². The Bertz CT molecular complexity index is 766. The predicted molar refractivity (Wildman–Crippen MR) is 95.0 cm³/mol. The number of carbonyl (C=O) groups is 1. The first-order valence-corrected chi connectivity index (χ1v) is 7.98. The molecule has 0 fully saturated rings. The van der Waals surface area contributed by atoms with Gasteiger partial charge in [-0.2, -0.15) is 0 Å². The molecule has 0 bridgehead atoms. The van der Waals surface area contributed by atoms with Crippen LogP contribution in [0.2, 0.25) is 0 Å². The summed E-state index contributed by atoms with van der Waals surface area (Å²) in [6.07, 6.45) is 0. The highest BCUT2D eigenvalue weighted by molar-refractivity contribution is 7.12. The van der Waals surface area contributed by atoms with Gasteiger partial charge in [0.1, 0.15) is 5.75 Å². The summed E-state index contributed by atoms with van der Waals surface area (Å²) in [6, 6.07) is 19.0. The Balaban J connectivity index is 1.63. The van der Waals surface area contributed by atoms with Crippen molar-refractivity contribution in [2.45, 2.75) is 0 Å². The topological polar surface area (TPSA) is 50.4 Å². The lowest BCUT2D eigenvalue weighted by Gasteiger charge is -2.09. The third-order valence-corrected chi connectivity index (χ3v) is 4.14. The Morgan fingerprint density at radius 2 is 1.52 bits per heavy atom. The maximum absolute atomic E-state index is 12.0. The summed E-state index contributed by atoms with van der Waals surface area (Å²) in [6.45, 7) is 0. The van der Waals surface area contributed by atoms with Crippen molar-refractivity contribution in [3.05, 3.63) is 70.9 Å². The van der Waals surface area contributed by atoms with Crippen LogP contribution in [0, 0.1) is 0 Å². The molecule has 0 saturated heterocycles. The minimum atomic E-state index is -0.0872. The summed E-state index contributed by atoms with van der Waals surface area (Å²) < 4.78 is 5.14. The van der Waals surface area contributed by atoms with E-state index in [9.17, 15) is 4.79 Å². The van der Waals surface area contributed by atoms with E-state index in [2.05, 4.69) is 10.6 Å². The zero-order chi connectivity index (χ0) is 16.1. The lowest BCUT2D eigenvalue weighted by molar-refractivity contribution is 0.103. The molecule has 0 aliphatic heterocycles. The third-order valence-electron chi connectivity index (χ3n) is 3.27. The number of benzene rings is 2. The number of anilines is 3. The van der Waals surface area contributed by atoms with E-state index >= 15 is 0 Å². The van der Waals surface area contributed by atoms with Crippen molar-refractivity contribution in [2.75, 3.05) is 17.7 Å². The number of hydrogen-bond donors (Lipinski definition) is 2. The second kappa shape index (κ2) is 6.98. The fourth-order valence-electron chi connectivity index (χ4n) is 2.08. The van der Waals surface area contributed by atoms with Gasteiger partial charge in [0.2, 0.25) is 0 Å². The van der Waals surface area contributed by atoms with Crippen LogP contribution in [0.4, 0.5) is 17.1 Å². The van der Waals surface area contributed by atoms with E-state index in [0.717, 1.165) is 22.8 Å². The van der Waals surface area contributed by atoms with Crippen molar-refractivity contribution >= 4 is 34.3 Å². The molecule has 23 heavy (non-hydrogen) atoms. The molecule has 0 saturated carbocycles. The minimum absolute atomic E-state index is 0.0872. The summed E-state index contributed by atoms with van der Waals surface area (Å²) >= 11 is 1.42. The highest BCUT2D eigenvalue weighted by Crippen LogP contribution is 2.21. The molecule has 0 aliphatic rings. The molecule has 1 aromatic heterocycles. The van der Waals surface area contributed by atoms with Crippen molar-refractivity contribution in [3.8, 4) is 5.75 Å². The summed E-state index contributed by atoms with van der Waals surface area (Å²) in [5.74, 6) is 0.734. The maximum atomic E-state index is 12.0. The second-order valence-electron chi connectivity index (χ2n) is 4.86. The van der Waals surface area contributed by atoms with Gasteiger partial charge in [0.25, 0.3) is 5.91 Å². The van der Waals surface area contributed by atoms with E-state index < -0.39 is 0 Å². The van der Waals surface area contributed by atoms with E-state index in [0.29, 0.717) is 4.88 Å². The Morgan fingerprint density at radius 3 is 2.09 bits per heavy atom. The lowest BCUT2D eigenvalue weighted by atomic mass is 10.2. The molecule has 0 unspecified atom stereocenters. The molecule has 2 aromatic carbocycles. The molecule has 0 atom stereocenters. The van der Waals surface area contributed by atoms with Crippen molar-refractivity contribution in [2.24, 2.45) is 0 Å².